The fourth-order valence-electron chi connectivity index (χ4n) is 4.88. The average Bonchev–Trinajstić information content (AvgIpc) is 3.29. The third-order valence-electron chi connectivity index (χ3n) is 6.86. The Morgan fingerprint density at radius 3 is 2.46 bits per heavy atom. The monoisotopic (exact) mass is 532 g/mol. The first kappa shape index (κ1) is 25.5. The van der Waals surface area contributed by atoms with E-state index in [1.54, 1.807) is 15.9 Å². The van der Waals surface area contributed by atoms with E-state index in [0.29, 0.717) is 5.16 Å². The number of aryl methyl sites for hydroxylation is 3. The Morgan fingerprint density at radius 1 is 1.05 bits per heavy atom. The van der Waals surface area contributed by atoms with Gasteiger partial charge in [0.1, 0.15) is 4.83 Å². The van der Waals surface area contributed by atoms with E-state index in [2.05, 4.69) is 24.1 Å². The molecule has 0 aliphatic heterocycles. The molecule has 8 heteroatoms. The van der Waals surface area contributed by atoms with Gasteiger partial charge < -0.3 is 10.2 Å². The molecule has 1 aliphatic carbocycles. The number of hydrogen-bond donors (Lipinski definition) is 1. The van der Waals surface area contributed by atoms with Crippen LogP contribution in [0.1, 0.15) is 42.7 Å². The van der Waals surface area contributed by atoms with Crippen LogP contribution in [0.5, 0.6) is 0 Å². The lowest BCUT2D eigenvalue weighted by molar-refractivity contribution is -0.113. The number of benzene rings is 2. The molecule has 1 N–H and O–H groups in total. The van der Waals surface area contributed by atoms with Gasteiger partial charge in [0.25, 0.3) is 5.56 Å². The third kappa shape index (κ3) is 5.31. The van der Waals surface area contributed by atoms with Crippen LogP contribution in [0.2, 0.25) is 0 Å². The highest BCUT2D eigenvalue weighted by atomic mass is 32.2. The van der Waals surface area contributed by atoms with E-state index < -0.39 is 0 Å². The second-order valence-corrected chi connectivity index (χ2v) is 11.3. The van der Waals surface area contributed by atoms with Gasteiger partial charge in [0.2, 0.25) is 5.91 Å². The molecule has 4 aromatic rings. The molecule has 0 atom stereocenters. The molecule has 2 heterocycles. The molecule has 6 nitrogen and oxygen atoms in total. The zero-order valence-corrected chi connectivity index (χ0v) is 23.2. The van der Waals surface area contributed by atoms with Crippen molar-refractivity contribution < 1.29 is 4.79 Å². The summed E-state index contributed by atoms with van der Waals surface area (Å²) in [7, 11) is 0. The molecule has 5 rings (SSSR count). The summed E-state index contributed by atoms with van der Waals surface area (Å²) in [4.78, 5) is 36.0. The van der Waals surface area contributed by atoms with Crippen molar-refractivity contribution in [2.75, 3.05) is 29.1 Å². The molecule has 0 fully saturated rings. The lowest BCUT2D eigenvalue weighted by Gasteiger charge is -2.21. The Balaban J connectivity index is 1.42. The number of amides is 1. The number of thiophene rings is 1. The standard InChI is InChI=1S/C29H32N4O2S2/c1-4-32(5-2)21-16-12-20(13-17-21)30-25(34)18-36-29-31-27-26(23-8-6-7-9-24(23)37-27)28(35)33(29)22-14-10-19(3)11-15-22/h10-17H,4-9,18H2,1-3H3,(H,30,34). The Labute approximate surface area is 225 Å². The first-order valence-corrected chi connectivity index (χ1v) is 14.7. The number of nitrogens with zero attached hydrogens (tertiary/aromatic N) is 3. The van der Waals surface area contributed by atoms with E-state index in [1.165, 1.54) is 22.2 Å². The first-order valence-electron chi connectivity index (χ1n) is 12.9. The largest absolute Gasteiger partial charge is 0.372 e. The van der Waals surface area contributed by atoms with E-state index in [4.69, 9.17) is 4.98 Å². The third-order valence-corrected chi connectivity index (χ3v) is 8.99. The van der Waals surface area contributed by atoms with Crippen molar-refractivity contribution in [1.29, 1.82) is 0 Å². The fourth-order valence-corrected chi connectivity index (χ4v) is 6.99. The maximum absolute atomic E-state index is 13.9. The van der Waals surface area contributed by atoms with E-state index in [0.717, 1.165) is 71.6 Å². The average molecular weight is 533 g/mol. The van der Waals surface area contributed by atoms with Gasteiger partial charge >= 0.3 is 0 Å². The van der Waals surface area contributed by atoms with Gasteiger partial charge in [0.05, 0.1) is 16.8 Å². The lowest BCUT2D eigenvalue weighted by Crippen LogP contribution is -2.23. The van der Waals surface area contributed by atoms with Crippen LogP contribution in [0.15, 0.2) is 58.5 Å². The summed E-state index contributed by atoms with van der Waals surface area (Å²) in [6.45, 7) is 8.16. The highest BCUT2D eigenvalue weighted by Crippen LogP contribution is 2.35. The second kappa shape index (κ2) is 11.1. The Kier molecular flexibility index (Phi) is 7.67. The van der Waals surface area contributed by atoms with Crippen molar-refractivity contribution in [2.24, 2.45) is 0 Å². The predicted octanol–water partition coefficient (Wildman–Crippen LogP) is 6.21. The molecule has 37 heavy (non-hydrogen) atoms. The maximum atomic E-state index is 13.9. The number of aromatic nitrogens is 2. The zero-order valence-electron chi connectivity index (χ0n) is 21.5. The number of thioether (sulfide) groups is 1. The quantitative estimate of drug-likeness (QED) is 0.216. The highest BCUT2D eigenvalue weighted by molar-refractivity contribution is 7.99. The van der Waals surface area contributed by atoms with Gasteiger partial charge in [-0.15, -0.1) is 11.3 Å². The SMILES string of the molecule is CCN(CC)c1ccc(NC(=O)CSc2nc3sc4c(c3c(=O)n2-c2ccc(C)cc2)CCCC4)cc1. The fraction of sp³-hybridized carbons (Fsp3) is 0.345. The molecule has 2 aromatic heterocycles. The van der Waals surface area contributed by atoms with Crippen LogP contribution in [0.3, 0.4) is 0 Å². The molecule has 0 unspecified atom stereocenters. The van der Waals surface area contributed by atoms with Gasteiger partial charge in [-0.2, -0.15) is 0 Å². The van der Waals surface area contributed by atoms with E-state index in [1.807, 2.05) is 55.5 Å². The smallest absolute Gasteiger partial charge is 0.267 e. The van der Waals surface area contributed by atoms with Crippen molar-refractivity contribution in [3.63, 3.8) is 0 Å². The van der Waals surface area contributed by atoms with Gasteiger partial charge in [-0.25, -0.2) is 4.98 Å². The van der Waals surface area contributed by atoms with Crippen LogP contribution in [-0.4, -0.2) is 34.3 Å². The predicted molar refractivity (Wildman–Crippen MR) is 156 cm³/mol. The molecule has 0 saturated carbocycles. The van der Waals surface area contributed by atoms with Crippen LogP contribution in [0.4, 0.5) is 11.4 Å². The Bertz CT molecular complexity index is 1470. The van der Waals surface area contributed by atoms with Crippen LogP contribution < -0.4 is 15.8 Å². The van der Waals surface area contributed by atoms with Gasteiger partial charge in [-0.1, -0.05) is 29.5 Å². The molecule has 1 aliphatic rings. The number of nitrogens with one attached hydrogen (secondary N) is 1. The highest BCUT2D eigenvalue weighted by Gasteiger charge is 2.23. The van der Waals surface area contributed by atoms with Crippen molar-refractivity contribution in [2.45, 2.75) is 51.6 Å². The minimum absolute atomic E-state index is 0.0387. The number of carbonyl (C=O) groups excluding carboxylic acids is 1. The molecule has 192 valence electrons. The topological polar surface area (TPSA) is 67.2 Å². The van der Waals surface area contributed by atoms with Crippen LogP contribution in [-0.2, 0) is 17.6 Å². The number of carbonyl (C=O) groups is 1. The van der Waals surface area contributed by atoms with Crippen LogP contribution >= 0.6 is 23.1 Å². The van der Waals surface area contributed by atoms with Crippen molar-refractivity contribution in [3.05, 3.63) is 74.9 Å². The molecule has 0 saturated heterocycles. The number of hydrogen-bond acceptors (Lipinski definition) is 6. The molecular formula is C29H32N4O2S2. The first-order chi connectivity index (χ1) is 18.0. The summed E-state index contributed by atoms with van der Waals surface area (Å²) in [5.74, 6) is 0.0306. The van der Waals surface area contributed by atoms with Crippen molar-refractivity contribution in [1.82, 2.24) is 9.55 Å². The molecule has 0 bridgehead atoms. The number of fused-ring (bicyclic) bond motifs is 3. The van der Waals surface area contributed by atoms with E-state index >= 15 is 0 Å². The van der Waals surface area contributed by atoms with Gasteiger partial charge in [-0.3, -0.25) is 14.2 Å². The second-order valence-electron chi connectivity index (χ2n) is 9.32. The summed E-state index contributed by atoms with van der Waals surface area (Å²) in [5.41, 5.74) is 4.92. The summed E-state index contributed by atoms with van der Waals surface area (Å²) < 4.78 is 1.68. The van der Waals surface area contributed by atoms with Crippen LogP contribution in [0.25, 0.3) is 15.9 Å². The van der Waals surface area contributed by atoms with Gasteiger partial charge in [0.15, 0.2) is 5.16 Å². The maximum Gasteiger partial charge on any atom is 0.267 e. The Morgan fingerprint density at radius 2 is 1.76 bits per heavy atom. The summed E-state index contributed by atoms with van der Waals surface area (Å²) >= 11 is 2.94. The number of rotatable bonds is 8. The zero-order chi connectivity index (χ0) is 25.9. The van der Waals surface area contributed by atoms with Gasteiger partial charge in [-0.05, 0) is 88.4 Å². The molecule has 0 radical (unpaired) electrons. The van der Waals surface area contributed by atoms with E-state index in [-0.39, 0.29) is 17.2 Å². The lowest BCUT2D eigenvalue weighted by atomic mass is 9.97. The summed E-state index contributed by atoms with van der Waals surface area (Å²) in [6, 6.07) is 15.8. The minimum atomic E-state index is -0.129. The van der Waals surface area contributed by atoms with Gasteiger partial charge in [0, 0.05) is 29.3 Å². The van der Waals surface area contributed by atoms with E-state index in [9.17, 15) is 9.59 Å². The molecule has 2 aromatic carbocycles. The summed E-state index contributed by atoms with van der Waals surface area (Å²) in [5, 5.41) is 4.28. The summed E-state index contributed by atoms with van der Waals surface area (Å²) in [6.07, 6.45) is 4.21. The van der Waals surface area contributed by atoms with Crippen molar-refractivity contribution >= 4 is 50.6 Å². The van der Waals surface area contributed by atoms with Crippen molar-refractivity contribution in [3.8, 4) is 5.69 Å². The molecule has 0 spiro atoms. The van der Waals surface area contributed by atoms with Crippen LogP contribution in [0, 0.1) is 6.92 Å². The molecule has 1 amide bonds. The minimum Gasteiger partial charge on any atom is -0.372 e. The normalized spacial score (nSPS) is 12.9. The molecular weight excluding hydrogens is 500 g/mol. The number of anilines is 2. The Hall–Kier alpha value is -3.10.